The second-order valence-electron chi connectivity index (χ2n) is 3.66. The Morgan fingerprint density at radius 2 is 2.00 bits per heavy atom. The normalized spacial score (nSPS) is 12.7. The monoisotopic (exact) mass is 192 g/mol. The number of nitrogens with two attached hydrogens (primary N) is 1. The van der Waals surface area contributed by atoms with Crippen LogP contribution in [0.15, 0.2) is 30.3 Å². The molecule has 2 nitrogen and oxygen atoms in total. The summed E-state index contributed by atoms with van der Waals surface area (Å²) in [5.74, 6) is 5.95. The molecule has 0 spiro atoms. The van der Waals surface area contributed by atoms with Gasteiger partial charge in [0.1, 0.15) is 0 Å². The number of hydrogen-bond donors (Lipinski definition) is 2. The summed E-state index contributed by atoms with van der Waals surface area (Å²) in [4.78, 5) is 0. The molecule has 0 saturated carbocycles. The van der Waals surface area contributed by atoms with Gasteiger partial charge in [-0.3, -0.25) is 11.3 Å². The highest BCUT2D eigenvalue weighted by atomic mass is 15.2. The minimum atomic E-state index is 0.557. The fraction of sp³-hybridized carbons (Fsp3) is 0.500. The summed E-state index contributed by atoms with van der Waals surface area (Å²) >= 11 is 0. The van der Waals surface area contributed by atoms with Crippen LogP contribution in [0.1, 0.15) is 37.7 Å². The Morgan fingerprint density at radius 1 is 1.29 bits per heavy atom. The second kappa shape index (κ2) is 6.57. The van der Waals surface area contributed by atoms with Gasteiger partial charge in [-0.1, -0.05) is 50.1 Å². The van der Waals surface area contributed by atoms with Crippen molar-refractivity contribution in [2.75, 3.05) is 6.54 Å². The van der Waals surface area contributed by atoms with E-state index in [2.05, 4.69) is 42.7 Å². The Kier molecular flexibility index (Phi) is 5.27. The third kappa shape index (κ3) is 3.48. The third-order valence-corrected chi connectivity index (χ3v) is 2.54. The molecule has 0 heterocycles. The average molecular weight is 192 g/mol. The topological polar surface area (TPSA) is 38.0 Å². The van der Waals surface area contributed by atoms with Crippen molar-refractivity contribution in [1.82, 2.24) is 5.43 Å². The minimum absolute atomic E-state index is 0.557. The van der Waals surface area contributed by atoms with Crippen LogP contribution < -0.4 is 11.3 Å². The molecule has 14 heavy (non-hydrogen) atoms. The zero-order valence-corrected chi connectivity index (χ0v) is 8.87. The lowest BCUT2D eigenvalue weighted by Gasteiger charge is -2.16. The molecular weight excluding hydrogens is 172 g/mol. The quantitative estimate of drug-likeness (QED) is 0.536. The van der Waals surface area contributed by atoms with Crippen LogP contribution in [-0.2, 0) is 0 Å². The van der Waals surface area contributed by atoms with E-state index in [9.17, 15) is 0 Å². The van der Waals surface area contributed by atoms with Gasteiger partial charge in [0.05, 0.1) is 0 Å². The predicted molar refractivity (Wildman–Crippen MR) is 60.9 cm³/mol. The van der Waals surface area contributed by atoms with E-state index in [1.165, 1.54) is 24.8 Å². The van der Waals surface area contributed by atoms with E-state index >= 15 is 0 Å². The first-order chi connectivity index (χ1) is 6.88. The first-order valence-electron chi connectivity index (χ1n) is 5.37. The number of hydrogen-bond acceptors (Lipinski definition) is 2. The van der Waals surface area contributed by atoms with E-state index in [0.29, 0.717) is 5.92 Å². The van der Waals surface area contributed by atoms with Gasteiger partial charge in [-0.25, -0.2) is 0 Å². The maximum Gasteiger partial charge on any atom is 0.0166 e. The Balaban J connectivity index is 2.58. The molecule has 0 aliphatic carbocycles. The number of benzene rings is 1. The van der Waals surface area contributed by atoms with Crippen molar-refractivity contribution in [1.29, 1.82) is 0 Å². The second-order valence-corrected chi connectivity index (χ2v) is 3.66. The first-order valence-corrected chi connectivity index (χ1v) is 5.37. The van der Waals surface area contributed by atoms with Gasteiger partial charge < -0.3 is 0 Å². The Hall–Kier alpha value is -0.860. The van der Waals surface area contributed by atoms with Crippen LogP contribution in [0.4, 0.5) is 0 Å². The van der Waals surface area contributed by atoms with Crippen LogP contribution in [0.25, 0.3) is 0 Å². The summed E-state index contributed by atoms with van der Waals surface area (Å²) in [7, 11) is 0. The fourth-order valence-electron chi connectivity index (χ4n) is 1.70. The first kappa shape index (κ1) is 11.2. The molecule has 2 heteroatoms. The van der Waals surface area contributed by atoms with Crippen LogP contribution in [0.2, 0.25) is 0 Å². The van der Waals surface area contributed by atoms with Gasteiger partial charge in [0.25, 0.3) is 0 Å². The van der Waals surface area contributed by atoms with Crippen LogP contribution in [0.5, 0.6) is 0 Å². The van der Waals surface area contributed by atoms with Crippen LogP contribution in [0, 0.1) is 0 Å². The summed E-state index contributed by atoms with van der Waals surface area (Å²) in [6, 6.07) is 10.6. The van der Waals surface area contributed by atoms with Crippen LogP contribution in [-0.4, -0.2) is 6.54 Å². The summed E-state index contributed by atoms with van der Waals surface area (Å²) in [5, 5.41) is 0. The van der Waals surface area contributed by atoms with Crippen molar-refractivity contribution in [2.24, 2.45) is 5.84 Å². The lowest BCUT2D eigenvalue weighted by Crippen LogP contribution is -2.27. The number of hydrazine groups is 1. The van der Waals surface area contributed by atoms with Gasteiger partial charge in [0, 0.05) is 6.54 Å². The number of rotatable bonds is 6. The summed E-state index contributed by atoms with van der Waals surface area (Å²) in [5.41, 5.74) is 4.16. The highest BCUT2D eigenvalue weighted by Crippen LogP contribution is 2.20. The fourth-order valence-corrected chi connectivity index (χ4v) is 1.70. The summed E-state index contributed by atoms with van der Waals surface area (Å²) < 4.78 is 0. The molecule has 3 N–H and O–H groups in total. The van der Waals surface area contributed by atoms with Crippen molar-refractivity contribution >= 4 is 0 Å². The van der Waals surface area contributed by atoms with Gasteiger partial charge in [0.15, 0.2) is 0 Å². The molecule has 78 valence electrons. The Bertz CT molecular complexity index is 233. The lowest BCUT2D eigenvalue weighted by atomic mass is 9.94. The summed E-state index contributed by atoms with van der Waals surface area (Å²) in [6.07, 6.45) is 3.72. The molecule has 0 saturated heterocycles. The zero-order valence-electron chi connectivity index (χ0n) is 8.87. The molecule has 1 unspecified atom stereocenters. The lowest BCUT2D eigenvalue weighted by molar-refractivity contribution is 0.539. The molecule has 0 aromatic heterocycles. The molecule has 1 atom stereocenters. The maximum atomic E-state index is 5.39. The molecule has 0 radical (unpaired) electrons. The molecule has 0 bridgehead atoms. The molecule has 1 rings (SSSR count). The number of unbranched alkanes of at least 4 members (excludes halogenated alkanes) is 1. The standard InChI is InChI=1S/C12H20N2/c1-2-3-7-12(10-14-13)11-8-5-4-6-9-11/h4-6,8-9,12,14H,2-3,7,10,13H2,1H3. The number of nitrogens with one attached hydrogen (secondary N) is 1. The van der Waals surface area contributed by atoms with Crippen molar-refractivity contribution in [3.05, 3.63) is 35.9 Å². The zero-order chi connectivity index (χ0) is 10.2. The molecule has 0 aliphatic heterocycles. The Labute approximate surface area is 86.5 Å². The van der Waals surface area contributed by atoms with E-state index in [0.717, 1.165) is 6.54 Å². The van der Waals surface area contributed by atoms with E-state index in [1.807, 2.05) is 0 Å². The molecule has 0 amide bonds. The van der Waals surface area contributed by atoms with Gasteiger partial charge in [0.2, 0.25) is 0 Å². The van der Waals surface area contributed by atoms with Crippen molar-refractivity contribution in [3.8, 4) is 0 Å². The third-order valence-electron chi connectivity index (χ3n) is 2.54. The SMILES string of the molecule is CCCCC(CNN)c1ccccc1. The molecule has 1 aromatic rings. The van der Waals surface area contributed by atoms with Crippen LogP contribution in [0.3, 0.4) is 0 Å². The van der Waals surface area contributed by atoms with Gasteiger partial charge in [-0.05, 0) is 17.9 Å². The maximum absolute atomic E-state index is 5.39. The van der Waals surface area contributed by atoms with Crippen molar-refractivity contribution in [2.45, 2.75) is 32.1 Å². The minimum Gasteiger partial charge on any atom is -0.271 e. The highest BCUT2D eigenvalue weighted by molar-refractivity contribution is 5.19. The van der Waals surface area contributed by atoms with E-state index in [-0.39, 0.29) is 0 Å². The predicted octanol–water partition coefficient (Wildman–Crippen LogP) is 2.42. The molecule has 0 fully saturated rings. The van der Waals surface area contributed by atoms with Gasteiger partial charge in [-0.2, -0.15) is 0 Å². The molecule has 1 aromatic carbocycles. The Morgan fingerprint density at radius 3 is 2.57 bits per heavy atom. The van der Waals surface area contributed by atoms with Gasteiger partial charge in [-0.15, -0.1) is 0 Å². The van der Waals surface area contributed by atoms with E-state index < -0.39 is 0 Å². The van der Waals surface area contributed by atoms with E-state index in [1.54, 1.807) is 0 Å². The van der Waals surface area contributed by atoms with Crippen LogP contribution >= 0.6 is 0 Å². The van der Waals surface area contributed by atoms with Gasteiger partial charge >= 0.3 is 0 Å². The molecule has 0 aliphatic rings. The van der Waals surface area contributed by atoms with Crippen molar-refractivity contribution < 1.29 is 0 Å². The average Bonchev–Trinajstić information content (AvgIpc) is 2.25. The summed E-state index contributed by atoms with van der Waals surface area (Å²) in [6.45, 7) is 3.09. The highest BCUT2D eigenvalue weighted by Gasteiger charge is 2.08. The molecular formula is C12H20N2. The van der Waals surface area contributed by atoms with Crippen molar-refractivity contribution in [3.63, 3.8) is 0 Å². The largest absolute Gasteiger partial charge is 0.271 e. The smallest absolute Gasteiger partial charge is 0.0166 e. The van der Waals surface area contributed by atoms with E-state index in [4.69, 9.17) is 5.84 Å².